The van der Waals surface area contributed by atoms with Crippen LogP contribution in [0.25, 0.3) is 10.8 Å². The molecule has 0 aliphatic carbocycles. The van der Waals surface area contributed by atoms with E-state index in [1.54, 1.807) is 44.2 Å². The van der Waals surface area contributed by atoms with Crippen LogP contribution in [0.15, 0.2) is 62.9 Å². The SMILES string of the molecule is COc1ccc(Br)cc1C(C)(C)CC(O)(/C=N/c1cccc2c(=O)[nH]ccc12)C(F)(F)F. The van der Waals surface area contributed by atoms with E-state index in [1.165, 1.54) is 25.4 Å². The number of H-pyrrole nitrogens is 1. The molecule has 0 saturated carbocycles. The topological polar surface area (TPSA) is 74.7 Å². The van der Waals surface area contributed by atoms with Gasteiger partial charge in [-0.25, -0.2) is 0 Å². The van der Waals surface area contributed by atoms with Crippen molar-refractivity contribution < 1.29 is 23.0 Å². The first-order valence-electron chi connectivity index (χ1n) is 9.67. The Labute approximate surface area is 191 Å². The fraction of sp³-hybridized carbons (Fsp3) is 0.304. The Morgan fingerprint density at radius 1 is 1.16 bits per heavy atom. The lowest BCUT2D eigenvalue weighted by atomic mass is 9.75. The Morgan fingerprint density at radius 3 is 2.53 bits per heavy atom. The highest BCUT2D eigenvalue weighted by Crippen LogP contribution is 2.43. The van der Waals surface area contributed by atoms with Crippen LogP contribution >= 0.6 is 15.9 Å². The van der Waals surface area contributed by atoms with Gasteiger partial charge in [0.2, 0.25) is 0 Å². The second kappa shape index (κ2) is 8.71. The number of aromatic nitrogens is 1. The molecule has 5 nitrogen and oxygen atoms in total. The lowest BCUT2D eigenvalue weighted by Gasteiger charge is -2.36. The average Bonchev–Trinajstić information content (AvgIpc) is 2.71. The van der Waals surface area contributed by atoms with Gasteiger partial charge >= 0.3 is 6.18 Å². The molecule has 2 N–H and O–H groups in total. The smallest absolute Gasteiger partial charge is 0.422 e. The van der Waals surface area contributed by atoms with E-state index in [0.717, 1.165) is 0 Å². The predicted molar refractivity (Wildman–Crippen MR) is 122 cm³/mol. The van der Waals surface area contributed by atoms with E-state index >= 15 is 0 Å². The largest absolute Gasteiger partial charge is 0.496 e. The number of hydrogen-bond acceptors (Lipinski definition) is 4. The van der Waals surface area contributed by atoms with Gasteiger partial charge in [0.15, 0.2) is 5.60 Å². The standard InChI is InChI=1S/C23H22BrF3N2O3/c1-21(2,17-11-14(24)7-8-19(17)32-3)12-22(31,23(25,26)27)13-29-18-6-4-5-16-15(18)9-10-28-20(16)30/h4-11,13,31H,12H2,1-3H3,(H,28,30)/b29-13+. The number of aromatic amines is 1. The second-order valence-corrected chi connectivity index (χ2v) is 9.05. The van der Waals surface area contributed by atoms with Gasteiger partial charge in [-0.3, -0.25) is 9.79 Å². The summed E-state index contributed by atoms with van der Waals surface area (Å²) in [4.78, 5) is 18.4. The molecule has 0 aliphatic heterocycles. The van der Waals surface area contributed by atoms with Crippen LogP contribution in [-0.2, 0) is 5.41 Å². The van der Waals surface area contributed by atoms with Crippen LogP contribution in [0.1, 0.15) is 25.8 Å². The van der Waals surface area contributed by atoms with E-state index in [0.29, 0.717) is 27.4 Å². The minimum Gasteiger partial charge on any atom is -0.496 e. The molecule has 0 saturated heterocycles. The number of ether oxygens (including phenoxy) is 1. The minimum absolute atomic E-state index is 0.147. The maximum atomic E-state index is 14.1. The molecule has 1 unspecified atom stereocenters. The third-order valence-corrected chi connectivity index (χ3v) is 5.80. The number of rotatable bonds is 6. The number of benzene rings is 2. The fourth-order valence-electron chi connectivity index (χ4n) is 3.69. The van der Waals surface area contributed by atoms with E-state index in [1.807, 2.05) is 0 Å². The number of halogens is 4. The van der Waals surface area contributed by atoms with Crippen LogP contribution in [0.4, 0.5) is 18.9 Å². The van der Waals surface area contributed by atoms with Crippen LogP contribution in [0.2, 0.25) is 0 Å². The molecule has 3 aromatic rings. The molecule has 3 rings (SSSR count). The number of nitrogens with zero attached hydrogens (tertiary/aromatic N) is 1. The average molecular weight is 511 g/mol. The highest BCUT2D eigenvalue weighted by atomic mass is 79.9. The Balaban J connectivity index is 2.06. The number of methoxy groups -OCH3 is 1. The summed E-state index contributed by atoms with van der Waals surface area (Å²) in [5.74, 6) is 0.410. The minimum atomic E-state index is -4.99. The lowest BCUT2D eigenvalue weighted by molar-refractivity contribution is -0.234. The zero-order valence-corrected chi connectivity index (χ0v) is 19.2. The number of aliphatic imine (C=N–C) groups is 1. The number of fused-ring (bicyclic) bond motifs is 1. The molecule has 0 fully saturated rings. The summed E-state index contributed by atoms with van der Waals surface area (Å²) in [6.45, 7) is 3.19. The van der Waals surface area contributed by atoms with Crippen LogP contribution in [-0.4, -0.2) is 35.2 Å². The van der Waals surface area contributed by atoms with Gasteiger partial charge in [0.05, 0.1) is 12.8 Å². The van der Waals surface area contributed by atoms with Crippen LogP contribution in [0.3, 0.4) is 0 Å². The first-order valence-corrected chi connectivity index (χ1v) is 10.5. The summed E-state index contributed by atoms with van der Waals surface area (Å²) in [7, 11) is 1.43. The Hall–Kier alpha value is -2.65. The Bertz CT molecular complexity index is 1220. The maximum Gasteiger partial charge on any atom is 0.422 e. The molecule has 1 heterocycles. The summed E-state index contributed by atoms with van der Waals surface area (Å²) in [5, 5.41) is 11.4. The van der Waals surface area contributed by atoms with Crippen molar-refractivity contribution in [2.75, 3.05) is 7.11 Å². The monoisotopic (exact) mass is 510 g/mol. The third-order valence-electron chi connectivity index (χ3n) is 5.30. The van der Waals surface area contributed by atoms with Crippen molar-refractivity contribution in [1.29, 1.82) is 0 Å². The summed E-state index contributed by atoms with van der Waals surface area (Å²) in [6, 6.07) is 11.1. The Kier molecular flexibility index (Phi) is 6.53. The number of pyridine rings is 1. The van der Waals surface area contributed by atoms with Crippen molar-refractivity contribution >= 4 is 38.6 Å². The lowest BCUT2D eigenvalue weighted by Crippen LogP contribution is -2.50. The van der Waals surface area contributed by atoms with Crippen molar-refractivity contribution in [3.05, 3.63) is 69.1 Å². The molecule has 0 spiro atoms. The van der Waals surface area contributed by atoms with Gasteiger partial charge in [-0.05, 0) is 48.2 Å². The summed E-state index contributed by atoms with van der Waals surface area (Å²) < 4.78 is 48.2. The zero-order chi connectivity index (χ0) is 23.7. The number of aliphatic hydroxyl groups is 1. The third kappa shape index (κ3) is 4.73. The first kappa shape index (κ1) is 24.0. The summed E-state index contributed by atoms with van der Waals surface area (Å²) in [6.07, 6.45) is -3.79. The highest BCUT2D eigenvalue weighted by molar-refractivity contribution is 9.10. The van der Waals surface area contributed by atoms with Gasteiger partial charge in [0.1, 0.15) is 5.75 Å². The van der Waals surface area contributed by atoms with Crippen LogP contribution in [0, 0.1) is 0 Å². The van der Waals surface area contributed by atoms with Crippen molar-refractivity contribution in [2.24, 2.45) is 4.99 Å². The van der Waals surface area contributed by atoms with E-state index in [2.05, 4.69) is 25.9 Å². The molecule has 9 heteroatoms. The first-order chi connectivity index (χ1) is 14.9. The number of alkyl halides is 3. The molecule has 0 radical (unpaired) electrons. The van der Waals surface area contributed by atoms with Gasteiger partial charge in [-0.1, -0.05) is 35.8 Å². The highest BCUT2D eigenvalue weighted by Gasteiger charge is 2.55. The molecule has 0 aliphatic rings. The predicted octanol–water partition coefficient (Wildman–Crippen LogP) is 5.66. The van der Waals surface area contributed by atoms with Gasteiger partial charge in [-0.15, -0.1) is 0 Å². The van der Waals surface area contributed by atoms with Crippen LogP contribution < -0.4 is 10.3 Å². The zero-order valence-electron chi connectivity index (χ0n) is 17.6. The van der Waals surface area contributed by atoms with Gasteiger partial charge < -0.3 is 14.8 Å². The van der Waals surface area contributed by atoms with Crippen LogP contribution in [0.5, 0.6) is 5.75 Å². The second-order valence-electron chi connectivity index (χ2n) is 8.13. The van der Waals surface area contributed by atoms with Gasteiger partial charge in [0, 0.05) is 33.2 Å². The number of hydrogen-bond donors (Lipinski definition) is 2. The molecule has 0 bridgehead atoms. The van der Waals surface area contributed by atoms with Gasteiger partial charge in [0.25, 0.3) is 5.56 Å². The molecule has 0 amide bonds. The molecule has 1 aromatic heterocycles. The summed E-state index contributed by atoms with van der Waals surface area (Å²) in [5.41, 5.74) is -4.10. The molecule has 1 atom stereocenters. The molecule has 170 valence electrons. The molecule has 32 heavy (non-hydrogen) atoms. The van der Waals surface area contributed by atoms with E-state index < -0.39 is 23.6 Å². The fourth-order valence-corrected chi connectivity index (χ4v) is 4.05. The van der Waals surface area contributed by atoms with Crippen molar-refractivity contribution in [3.63, 3.8) is 0 Å². The normalized spacial score (nSPS) is 14.6. The van der Waals surface area contributed by atoms with E-state index in [4.69, 9.17) is 4.74 Å². The van der Waals surface area contributed by atoms with Crippen molar-refractivity contribution in [1.82, 2.24) is 4.98 Å². The molecular weight excluding hydrogens is 489 g/mol. The van der Waals surface area contributed by atoms with E-state index in [-0.39, 0.29) is 16.6 Å². The summed E-state index contributed by atoms with van der Waals surface area (Å²) >= 11 is 3.33. The maximum absolute atomic E-state index is 14.1. The molecular formula is C23H22BrF3N2O3. The Morgan fingerprint density at radius 2 is 1.88 bits per heavy atom. The van der Waals surface area contributed by atoms with Gasteiger partial charge in [-0.2, -0.15) is 13.2 Å². The van der Waals surface area contributed by atoms with E-state index in [9.17, 15) is 23.1 Å². The number of nitrogens with one attached hydrogen (secondary N) is 1. The van der Waals surface area contributed by atoms with Crippen molar-refractivity contribution in [2.45, 2.75) is 37.5 Å². The quantitative estimate of drug-likeness (QED) is 0.420. The molecule has 2 aromatic carbocycles. The van der Waals surface area contributed by atoms with Crippen molar-refractivity contribution in [3.8, 4) is 5.75 Å².